The largest absolute Gasteiger partial charge is 0.326 e. The normalized spacial score (nSPS) is 21.9. The van der Waals surface area contributed by atoms with Crippen molar-refractivity contribution < 1.29 is 8.42 Å². The summed E-state index contributed by atoms with van der Waals surface area (Å²) in [5.74, 6) is 0. The zero-order valence-corrected chi connectivity index (χ0v) is 12.0. The van der Waals surface area contributed by atoms with E-state index >= 15 is 0 Å². The van der Waals surface area contributed by atoms with Crippen LogP contribution in [0.1, 0.15) is 25.8 Å². The molecule has 0 spiro atoms. The first-order chi connectivity index (χ1) is 8.26. The fourth-order valence-electron chi connectivity index (χ4n) is 1.80. The second-order valence-electron chi connectivity index (χ2n) is 5.34. The number of hydrogen-bond acceptors (Lipinski definition) is 3. The average molecular weight is 289 g/mol. The van der Waals surface area contributed by atoms with Crippen LogP contribution in [-0.2, 0) is 16.6 Å². The maximum atomic E-state index is 12.2. The number of sulfonamides is 1. The highest BCUT2D eigenvalue weighted by atomic mass is 35.5. The molecule has 1 unspecified atom stereocenters. The molecule has 1 fully saturated rings. The van der Waals surface area contributed by atoms with Gasteiger partial charge in [0.15, 0.2) is 0 Å². The molecule has 1 atom stereocenters. The Morgan fingerprint density at radius 1 is 1.50 bits per heavy atom. The number of rotatable bonds is 4. The lowest BCUT2D eigenvalue weighted by Crippen LogP contribution is -2.28. The molecule has 0 saturated heterocycles. The molecule has 0 amide bonds. The number of benzene rings is 1. The van der Waals surface area contributed by atoms with Crippen LogP contribution in [-0.4, -0.2) is 14.5 Å². The monoisotopic (exact) mass is 288 g/mol. The molecular weight excluding hydrogens is 272 g/mol. The molecule has 0 heterocycles. The number of hydrogen-bond donors (Lipinski definition) is 2. The van der Waals surface area contributed by atoms with Gasteiger partial charge in [-0.2, -0.15) is 0 Å². The predicted molar refractivity (Wildman–Crippen MR) is 71.9 cm³/mol. The van der Waals surface area contributed by atoms with Gasteiger partial charge in [-0.3, -0.25) is 0 Å². The first-order valence-corrected chi connectivity index (χ1v) is 7.63. The minimum Gasteiger partial charge on any atom is -0.326 e. The van der Waals surface area contributed by atoms with Crippen molar-refractivity contribution in [2.45, 2.75) is 37.8 Å². The fourth-order valence-corrected chi connectivity index (χ4v) is 3.76. The Labute approximate surface area is 113 Å². The fraction of sp³-hybridized carbons (Fsp3) is 0.500. The van der Waals surface area contributed by atoms with Crippen molar-refractivity contribution >= 4 is 21.6 Å². The lowest BCUT2D eigenvalue weighted by Gasteiger charge is -2.10. The first kappa shape index (κ1) is 13.8. The summed E-state index contributed by atoms with van der Waals surface area (Å²) in [6.07, 6.45) is 0.848. The third-order valence-electron chi connectivity index (χ3n) is 3.33. The van der Waals surface area contributed by atoms with E-state index in [1.807, 2.05) is 13.8 Å². The Balaban J connectivity index is 2.29. The maximum absolute atomic E-state index is 12.2. The van der Waals surface area contributed by atoms with Crippen LogP contribution in [0.15, 0.2) is 23.1 Å². The topological polar surface area (TPSA) is 72.2 Å². The summed E-state index contributed by atoms with van der Waals surface area (Å²) in [6.45, 7) is 4.34. The van der Waals surface area contributed by atoms with E-state index in [1.165, 1.54) is 6.07 Å². The van der Waals surface area contributed by atoms with Crippen LogP contribution in [0.4, 0.5) is 0 Å². The Hall–Kier alpha value is -0.620. The van der Waals surface area contributed by atoms with Crippen molar-refractivity contribution in [3.05, 3.63) is 28.8 Å². The predicted octanol–water partition coefficient (Wildman–Crippen LogP) is 1.88. The molecule has 1 aliphatic carbocycles. The van der Waals surface area contributed by atoms with Gasteiger partial charge in [-0.05, 0) is 29.5 Å². The lowest BCUT2D eigenvalue weighted by atomic mass is 10.2. The van der Waals surface area contributed by atoms with Gasteiger partial charge in [-0.25, -0.2) is 13.1 Å². The Bertz CT molecular complexity index is 569. The zero-order valence-electron chi connectivity index (χ0n) is 10.4. The minimum atomic E-state index is -3.57. The maximum Gasteiger partial charge on any atom is 0.242 e. The molecule has 4 nitrogen and oxygen atoms in total. The van der Waals surface area contributed by atoms with Crippen LogP contribution in [0.2, 0.25) is 5.02 Å². The van der Waals surface area contributed by atoms with Crippen molar-refractivity contribution in [1.82, 2.24) is 4.72 Å². The van der Waals surface area contributed by atoms with E-state index < -0.39 is 10.0 Å². The second-order valence-corrected chi connectivity index (χ2v) is 7.43. The number of nitrogens with one attached hydrogen (secondary N) is 1. The molecule has 100 valence electrons. The van der Waals surface area contributed by atoms with Gasteiger partial charge in [0.2, 0.25) is 10.0 Å². The van der Waals surface area contributed by atoms with Crippen LogP contribution in [0.3, 0.4) is 0 Å². The minimum absolute atomic E-state index is 0.0138. The van der Waals surface area contributed by atoms with Crippen LogP contribution in [0, 0.1) is 5.41 Å². The molecule has 0 aromatic heterocycles. The van der Waals surface area contributed by atoms with Crippen LogP contribution < -0.4 is 10.5 Å². The quantitative estimate of drug-likeness (QED) is 0.888. The molecule has 18 heavy (non-hydrogen) atoms. The van der Waals surface area contributed by atoms with Crippen LogP contribution in [0.5, 0.6) is 0 Å². The van der Waals surface area contributed by atoms with E-state index in [-0.39, 0.29) is 27.9 Å². The van der Waals surface area contributed by atoms with Gasteiger partial charge >= 0.3 is 0 Å². The highest BCUT2D eigenvalue weighted by Gasteiger charge is 2.48. The smallest absolute Gasteiger partial charge is 0.242 e. The summed E-state index contributed by atoms with van der Waals surface area (Å²) in [4.78, 5) is 0.106. The molecule has 0 bridgehead atoms. The number of halogens is 1. The summed E-state index contributed by atoms with van der Waals surface area (Å²) in [5.41, 5.74) is 6.29. The lowest BCUT2D eigenvalue weighted by molar-refractivity contribution is 0.555. The highest BCUT2D eigenvalue weighted by Crippen LogP contribution is 2.45. The van der Waals surface area contributed by atoms with E-state index in [2.05, 4.69) is 4.72 Å². The van der Waals surface area contributed by atoms with Crippen molar-refractivity contribution in [2.75, 3.05) is 0 Å². The van der Waals surface area contributed by atoms with Gasteiger partial charge < -0.3 is 5.73 Å². The summed E-state index contributed by atoms with van der Waals surface area (Å²) in [6, 6.07) is 4.80. The van der Waals surface area contributed by atoms with Gasteiger partial charge in [0.05, 0.1) is 5.02 Å². The zero-order chi connectivity index (χ0) is 13.6. The molecule has 3 N–H and O–H groups in total. The van der Waals surface area contributed by atoms with E-state index in [1.54, 1.807) is 12.1 Å². The van der Waals surface area contributed by atoms with E-state index in [0.717, 1.165) is 12.0 Å². The van der Waals surface area contributed by atoms with Crippen molar-refractivity contribution in [3.63, 3.8) is 0 Å². The average Bonchev–Trinajstić information content (AvgIpc) is 2.85. The van der Waals surface area contributed by atoms with Gasteiger partial charge in [-0.1, -0.05) is 31.5 Å². The summed E-state index contributed by atoms with van der Waals surface area (Å²) in [7, 11) is -3.57. The Kier molecular flexibility index (Phi) is 3.44. The molecule has 0 aliphatic heterocycles. The second kappa shape index (κ2) is 4.49. The van der Waals surface area contributed by atoms with Crippen molar-refractivity contribution in [3.8, 4) is 0 Å². The Morgan fingerprint density at radius 3 is 2.61 bits per heavy atom. The molecule has 1 aromatic carbocycles. The summed E-state index contributed by atoms with van der Waals surface area (Å²) in [5, 5.41) is 0.221. The standard InChI is InChI=1S/C12H17ClN2O2S/c1-12(2)6-11(12)15-18(16,17)10-5-8(7-14)3-4-9(10)13/h3-5,11,15H,6-7,14H2,1-2H3. The number of nitrogens with two attached hydrogens (primary N) is 1. The van der Waals surface area contributed by atoms with Gasteiger partial charge in [0.1, 0.15) is 4.90 Å². The van der Waals surface area contributed by atoms with Gasteiger partial charge in [0.25, 0.3) is 0 Å². The highest BCUT2D eigenvalue weighted by molar-refractivity contribution is 7.89. The van der Waals surface area contributed by atoms with E-state index in [0.29, 0.717) is 0 Å². The molecular formula is C12H17ClN2O2S. The van der Waals surface area contributed by atoms with Gasteiger partial charge in [-0.15, -0.1) is 0 Å². The van der Waals surface area contributed by atoms with Crippen LogP contribution in [0.25, 0.3) is 0 Å². The molecule has 1 saturated carbocycles. The summed E-state index contributed by atoms with van der Waals surface area (Å²) < 4.78 is 27.1. The summed E-state index contributed by atoms with van der Waals surface area (Å²) >= 11 is 5.95. The van der Waals surface area contributed by atoms with E-state index in [9.17, 15) is 8.42 Å². The molecule has 1 aliphatic rings. The van der Waals surface area contributed by atoms with E-state index in [4.69, 9.17) is 17.3 Å². The molecule has 1 aromatic rings. The SMILES string of the molecule is CC1(C)CC1NS(=O)(=O)c1cc(CN)ccc1Cl. The van der Waals surface area contributed by atoms with Crippen LogP contribution >= 0.6 is 11.6 Å². The third kappa shape index (κ3) is 2.69. The third-order valence-corrected chi connectivity index (χ3v) is 5.28. The van der Waals surface area contributed by atoms with Crippen molar-refractivity contribution in [1.29, 1.82) is 0 Å². The Morgan fingerprint density at radius 2 is 2.11 bits per heavy atom. The molecule has 0 radical (unpaired) electrons. The first-order valence-electron chi connectivity index (χ1n) is 5.77. The molecule has 6 heteroatoms. The molecule has 2 rings (SSSR count). The van der Waals surface area contributed by atoms with Crippen molar-refractivity contribution in [2.24, 2.45) is 11.1 Å². The van der Waals surface area contributed by atoms with Gasteiger partial charge in [0, 0.05) is 12.6 Å².